The number of alkyl carbamates (subject to hydrolysis) is 1. The third-order valence-electron chi connectivity index (χ3n) is 6.56. The molecule has 0 aliphatic heterocycles. The summed E-state index contributed by atoms with van der Waals surface area (Å²) < 4.78 is 10.9. The lowest BCUT2D eigenvalue weighted by atomic mass is 9.97. The topological polar surface area (TPSA) is 177 Å². The smallest absolute Gasteiger partial charge is 0.408 e. The van der Waals surface area contributed by atoms with Crippen molar-refractivity contribution >= 4 is 29.8 Å². The molecule has 0 fully saturated rings. The van der Waals surface area contributed by atoms with Crippen LogP contribution in [0.4, 0.5) is 4.79 Å². The van der Waals surface area contributed by atoms with Crippen LogP contribution in [0.3, 0.4) is 0 Å². The average molecular weight is 641 g/mol. The maximum absolute atomic E-state index is 14.3. The Morgan fingerprint density at radius 2 is 1.48 bits per heavy atom. The zero-order valence-electron chi connectivity index (χ0n) is 28.0. The number of ether oxygens (including phenoxy) is 2. The van der Waals surface area contributed by atoms with Crippen LogP contribution in [0, 0.1) is 6.92 Å². The number of hydrogen-bond donors (Lipinski definition) is 4. The number of benzene rings is 2. The summed E-state index contributed by atoms with van der Waals surface area (Å²) in [6.07, 6.45) is -1.10. The van der Waals surface area contributed by atoms with E-state index in [2.05, 4.69) is 10.6 Å². The van der Waals surface area contributed by atoms with Gasteiger partial charge in [0.25, 0.3) is 0 Å². The Kier molecular flexibility index (Phi) is 13.2. The van der Waals surface area contributed by atoms with Crippen molar-refractivity contribution < 1.29 is 38.6 Å². The SMILES string of the molecule is CCCN(C(=O)C(CC(N)=O)NC(=O)OC(C)(C)C)C(C(=O)NC(Cc1ccccc1)C(=O)OC(C)(C)C)c1cccc(C)c1O. The number of para-hydroxylation sites is 1. The molecule has 0 saturated carbocycles. The zero-order chi connectivity index (χ0) is 34.8. The van der Waals surface area contributed by atoms with E-state index in [-0.39, 0.29) is 24.3 Å². The molecule has 12 nitrogen and oxygen atoms in total. The number of primary amides is 1. The van der Waals surface area contributed by atoms with Crippen LogP contribution in [0.2, 0.25) is 0 Å². The van der Waals surface area contributed by atoms with Crippen molar-refractivity contribution in [2.45, 2.75) is 104 Å². The van der Waals surface area contributed by atoms with Crippen molar-refractivity contribution in [2.75, 3.05) is 6.54 Å². The number of nitrogens with zero attached hydrogens (tertiary/aromatic N) is 1. The van der Waals surface area contributed by atoms with Crippen molar-refractivity contribution in [3.05, 3.63) is 65.2 Å². The molecule has 2 aromatic carbocycles. The van der Waals surface area contributed by atoms with Crippen molar-refractivity contribution in [1.82, 2.24) is 15.5 Å². The molecule has 2 rings (SSSR count). The minimum Gasteiger partial charge on any atom is -0.507 e. The van der Waals surface area contributed by atoms with E-state index in [9.17, 15) is 29.1 Å². The summed E-state index contributed by atoms with van der Waals surface area (Å²) in [5, 5.41) is 16.3. The van der Waals surface area contributed by atoms with Gasteiger partial charge in [-0.25, -0.2) is 9.59 Å². The lowest BCUT2D eigenvalue weighted by molar-refractivity contribution is -0.159. The molecule has 2 aromatic rings. The normalized spacial score (nSPS) is 13.5. The van der Waals surface area contributed by atoms with E-state index in [0.29, 0.717) is 12.0 Å². The second-order valence-corrected chi connectivity index (χ2v) is 13.1. The van der Waals surface area contributed by atoms with Gasteiger partial charge in [-0.05, 0) is 66.0 Å². The number of nitrogens with two attached hydrogens (primary N) is 1. The number of nitrogens with one attached hydrogen (secondary N) is 2. The van der Waals surface area contributed by atoms with Gasteiger partial charge >= 0.3 is 12.1 Å². The number of carbonyl (C=O) groups excluding carboxylic acids is 5. The van der Waals surface area contributed by atoms with Crippen molar-refractivity contribution in [2.24, 2.45) is 5.73 Å². The largest absolute Gasteiger partial charge is 0.507 e. The number of esters is 1. The Bertz CT molecular complexity index is 1380. The van der Waals surface area contributed by atoms with E-state index in [1.165, 1.54) is 6.07 Å². The predicted octanol–water partition coefficient (Wildman–Crippen LogP) is 3.82. The number of phenolic OH excluding ortho intramolecular Hbond substituents is 1. The Morgan fingerprint density at radius 1 is 0.870 bits per heavy atom. The van der Waals surface area contributed by atoms with E-state index < -0.39 is 65.5 Å². The first-order valence-corrected chi connectivity index (χ1v) is 15.3. The van der Waals surface area contributed by atoms with Crippen molar-refractivity contribution in [1.29, 1.82) is 0 Å². The summed E-state index contributed by atoms with van der Waals surface area (Å²) in [6, 6.07) is 9.64. The van der Waals surface area contributed by atoms with Crippen LogP contribution in [-0.2, 0) is 35.1 Å². The molecule has 0 spiro atoms. The standard InChI is InChI=1S/C34H48N4O8/c1-9-18-38(30(42)24(20-26(35)39)37-32(44)46-34(6,7)8)27(23-17-13-14-21(2)28(23)40)29(41)36-25(31(43)45-33(3,4)5)19-22-15-11-10-12-16-22/h10-17,24-25,27,40H,9,18-20H2,1-8H3,(H2,35,39)(H,36,41)(H,37,44). The first kappa shape index (κ1) is 37.6. The van der Waals surface area contributed by atoms with Crippen LogP contribution in [0.1, 0.15) is 84.0 Å². The first-order chi connectivity index (χ1) is 21.3. The number of aryl methyl sites for hydroxylation is 1. The molecule has 0 saturated heterocycles. The second-order valence-electron chi connectivity index (χ2n) is 13.1. The van der Waals surface area contributed by atoms with Gasteiger partial charge in [-0.3, -0.25) is 14.4 Å². The van der Waals surface area contributed by atoms with Crippen LogP contribution in [-0.4, -0.2) is 69.6 Å². The highest BCUT2D eigenvalue weighted by atomic mass is 16.6. The highest BCUT2D eigenvalue weighted by molar-refractivity contribution is 5.96. The molecule has 0 radical (unpaired) electrons. The zero-order valence-corrected chi connectivity index (χ0v) is 28.0. The highest BCUT2D eigenvalue weighted by Gasteiger charge is 2.39. The summed E-state index contributed by atoms with van der Waals surface area (Å²) in [4.78, 5) is 67.8. The summed E-state index contributed by atoms with van der Waals surface area (Å²) in [7, 11) is 0. The fourth-order valence-electron chi connectivity index (χ4n) is 4.68. The third-order valence-corrected chi connectivity index (χ3v) is 6.56. The quantitative estimate of drug-likeness (QED) is 0.239. The maximum atomic E-state index is 14.3. The molecule has 3 unspecified atom stereocenters. The lowest BCUT2D eigenvalue weighted by Crippen LogP contribution is -2.55. The highest BCUT2D eigenvalue weighted by Crippen LogP contribution is 2.33. The number of amides is 4. The Balaban J connectivity index is 2.64. The maximum Gasteiger partial charge on any atom is 0.408 e. The van der Waals surface area contributed by atoms with E-state index in [0.717, 1.165) is 10.5 Å². The van der Waals surface area contributed by atoms with E-state index in [1.807, 2.05) is 6.07 Å². The Morgan fingerprint density at radius 3 is 2.02 bits per heavy atom. The van der Waals surface area contributed by atoms with Crippen LogP contribution >= 0.6 is 0 Å². The molecule has 0 heterocycles. The summed E-state index contributed by atoms with van der Waals surface area (Å²) in [5.74, 6) is -3.41. The second kappa shape index (κ2) is 16.1. The Hall–Kier alpha value is -4.61. The van der Waals surface area contributed by atoms with Gasteiger partial charge in [0.1, 0.15) is 35.1 Å². The van der Waals surface area contributed by atoms with Gasteiger partial charge in [0, 0.05) is 18.5 Å². The van der Waals surface area contributed by atoms with Gasteiger partial charge in [-0.1, -0.05) is 55.5 Å². The molecule has 0 aliphatic carbocycles. The molecule has 12 heteroatoms. The van der Waals surface area contributed by atoms with Gasteiger partial charge in [0.15, 0.2) is 0 Å². The summed E-state index contributed by atoms with van der Waals surface area (Å²) in [6.45, 7) is 13.4. The molecule has 0 bridgehead atoms. The Labute approximate surface area is 271 Å². The van der Waals surface area contributed by atoms with Crippen molar-refractivity contribution in [3.8, 4) is 5.75 Å². The van der Waals surface area contributed by atoms with Crippen LogP contribution in [0.5, 0.6) is 5.75 Å². The van der Waals surface area contributed by atoms with Gasteiger partial charge in [-0.2, -0.15) is 0 Å². The van der Waals surface area contributed by atoms with Gasteiger partial charge in [0.2, 0.25) is 17.7 Å². The van der Waals surface area contributed by atoms with Crippen LogP contribution in [0.25, 0.3) is 0 Å². The number of hydrogen-bond acceptors (Lipinski definition) is 8. The van der Waals surface area contributed by atoms with E-state index in [4.69, 9.17) is 15.2 Å². The lowest BCUT2D eigenvalue weighted by Gasteiger charge is -2.35. The third kappa shape index (κ3) is 11.7. The number of aromatic hydroxyl groups is 1. The molecule has 5 N–H and O–H groups in total. The molecule has 252 valence electrons. The van der Waals surface area contributed by atoms with Crippen LogP contribution in [0.15, 0.2) is 48.5 Å². The van der Waals surface area contributed by atoms with Gasteiger partial charge < -0.3 is 35.8 Å². The average Bonchev–Trinajstić information content (AvgIpc) is 2.92. The van der Waals surface area contributed by atoms with Crippen molar-refractivity contribution in [3.63, 3.8) is 0 Å². The molecule has 3 atom stereocenters. The minimum absolute atomic E-state index is 0.0225. The van der Waals surface area contributed by atoms with Crippen LogP contribution < -0.4 is 16.4 Å². The molecule has 0 aliphatic rings. The fraction of sp³-hybridized carbons (Fsp3) is 0.500. The molecular formula is C34H48N4O8. The monoisotopic (exact) mass is 640 g/mol. The summed E-state index contributed by atoms with van der Waals surface area (Å²) in [5.41, 5.74) is 4.96. The first-order valence-electron chi connectivity index (χ1n) is 15.3. The predicted molar refractivity (Wildman–Crippen MR) is 172 cm³/mol. The molecular weight excluding hydrogens is 592 g/mol. The molecule has 0 aromatic heterocycles. The summed E-state index contributed by atoms with van der Waals surface area (Å²) >= 11 is 0. The molecule has 4 amide bonds. The molecule has 46 heavy (non-hydrogen) atoms. The number of carbonyl (C=O) groups is 5. The number of rotatable bonds is 13. The fourth-order valence-corrected chi connectivity index (χ4v) is 4.68. The number of phenols is 1. The van der Waals surface area contributed by atoms with E-state index >= 15 is 0 Å². The van der Waals surface area contributed by atoms with E-state index in [1.54, 1.807) is 91.8 Å². The van der Waals surface area contributed by atoms with Gasteiger partial charge in [-0.15, -0.1) is 0 Å². The minimum atomic E-state index is -1.49. The van der Waals surface area contributed by atoms with Gasteiger partial charge in [0.05, 0.1) is 6.42 Å².